The molecule has 2 nitrogen and oxygen atoms in total. The highest BCUT2D eigenvalue weighted by atomic mass is 35.5. The largest absolute Gasteiger partial charge is 0.299 e. The van der Waals surface area contributed by atoms with Gasteiger partial charge >= 0.3 is 0 Å². The number of rotatable bonds is 2. The molecule has 0 atom stereocenters. The number of hydrogen-bond donors (Lipinski definition) is 0. The number of piperidine rings is 1. The molecule has 1 aliphatic rings. The smallest absolute Gasteiger partial charge is 0.124 e. The van der Waals surface area contributed by atoms with Gasteiger partial charge in [0.25, 0.3) is 0 Å². The van der Waals surface area contributed by atoms with Gasteiger partial charge in [-0.25, -0.2) is 4.39 Å². The Labute approximate surface area is 112 Å². The van der Waals surface area contributed by atoms with Gasteiger partial charge < -0.3 is 0 Å². The maximum Gasteiger partial charge on any atom is 0.124 e. The fourth-order valence-corrected chi connectivity index (χ4v) is 2.43. The number of benzene rings is 1. The van der Waals surface area contributed by atoms with Crippen molar-refractivity contribution < 1.29 is 4.39 Å². The number of halogens is 2. The van der Waals surface area contributed by atoms with Crippen LogP contribution in [0, 0.1) is 22.6 Å². The minimum Gasteiger partial charge on any atom is -0.299 e. The van der Waals surface area contributed by atoms with Crippen LogP contribution in [-0.4, -0.2) is 18.0 Å². The molecule has 18 heavy (non-hydrogen) atoms. The molecule has 0 aromatic heterocycles. The molecule has 0 radical (unpaired) electrons. The lowest BCUT2D eigenvalue weighted by Gasteiger charge is -2.35. The second-order valence-electron chi connectivity index (χ2n) is 5.18. The van der Waals surface area contributed by atoms with E-state index in [4.69, 9.17) is 16.9 Å². The van der Waals surface area contributed by atoms with Crippen molar-refractivity contribution in [3.8, 4) is 6.07 Å². The summed E-state index contributed by atoms with van der Waals surface area (Å²) in [5, 5.41) is 9.55. The molecule has 0 amide bonds. The van der Waals surface area contributed by atoms with E-state index in [-0.39, 0.29) is 11.2 Å². The first-order valence-corrected chi connectivity index (χ1v) is 6.48. The minimum atomic E-state index is -0.306. The van der Waals surface area contributed by atoms with E-state index < -0.39 is 0 Å². The van der Waals surface area contributed by atoms with Gasteiger partial charge in [-0.15, -0.1) is 0 Å². The minimum absolute atomic E-state index is 0.191. The van der Waals surface area contributed by atoms with Gasteiger partial charge in [0.2, 0.25) is 0 Å². The van der Waals surface area contributed by atoms with Gasteiger partial charge in [0.1, 0.15) is 5.82 Å². The van der Waals surface area contributed by atoms with Crippen LogP contribution in [0.25, 0.3) is 0 Å². The fraction of sp³-hybridized carbons (Fsp3) is 0.500. The normalized spacial score (nSPS) is 19.4. The zero-order chi connectivity index (χ0) is 13.2. The predicted octanol–water partition coefficient (Wildman–Crippen LogP) is 3.60. The van der Waals surface area contributed by atoms with E-state index in [1.165, 1.54) is 12.1 Å². The zero-order valence-electron chi connectivity index (χ0n) is 10.4. The third kappa shape index (κ3) is 3.01. The first kappa shape index (κ1) is 13.3. The monoisotopic (exact) mass is 266 g/mol. The molecule has 0 N–H and O–H groups in total. The van der Waals surface area contributed by atoms with Crippen LogP contribution in [0.1, 0.15) is 25.3 Å². The summed E-state index contributed by atoms with van der Waals surface area (Å²) >= 11 is 6.01. The molecule has 0 bridgehead atoms. The summed E-state index contributed by atoms with van der Waals surface area (Å²) in [7, 11) is 0. The van der Waals surface area contributed by atoms with Crippen molar-refractivity contribution >= 4 is 11.6 Å². The Balaban J connectivity index is 1.98. The van der Waals surface area contributed by atoms with Crippen molar-refractivity contribution in [3.63, 3.8) is 0 Å². The number of nitrogens with zero attached hydrogens (tertiary/aromatic N) is 2. The molecule has 0 saturated carbocycles. The quantitative estimate of drug-likeness (QED) is 0.818. The lowest BCUT2D eigenvalue weighted by Crippen LogP contribution is -2.37. The summed E-state index contributed by atoms with van der Waals surface area (Å²) < 4.78 is 12.9. The van der Waals surface area contributed by atoms with Gasteiger partial charge in [0.15, 0.2) is 0 Å². The van der Waals surface area contributed by atoms with Crippen molar-refractivity contribution in [1.82, 2.24) is 4.90 Å². The summed E-state index contributed by atoms with van der Waals surface area (Å²) in [6.07, 6.45) is 1.75. The van der Waals surface area contributed by atoms with E-state index in [2.05, 4.69) is 11.0 Å². The van der Waals surface area contributed by atoms with Crippen LogP contribution in [0.15, 0.2) is 18.2 Å². The lowest BCUT2D eigenvalue weighted by atomic mass is 9.82. The van der Waals surface area contributed by atoms with Crippen molar-refractivity contribution in [2.45, 2.75) is 26.3 Å². The Morgan fingerprint density at radius 1 is 1.44 bits per heavy atom. The average molecular weight is 267 g/mol. The molecule has 96 valence electrons. The lowest BCUT2D eigenvalue weighted by molar-refractivity contribution is 0.150. The first-order chi connectivity index (χ1) is 8.52. The molecule has 1 aromatic rings. The number of likely N-dealkylation sites (tertiary alicyclic amines) is 1. The van der Waals surface area contributed by atoms with Crippen LogP contribution in [0.5, 0.6) is 0 Å². The van der Waals surface area contributed by atoms with Gasteiger partial charge in [-0.3, -0.25) is 4.90 Å². The van der Waals surface area contributed by atoms with Gasteiger partial charge in [0.05, 0.1) is 11.5 Å². The molecule has 2 rings (SSSR count). The van der Waals surface area contributed by atoms with Gasteiger partial charge in [-0.2, -0.15) is 5.26 Å². The van der Waals surface area contributed by atoms with E-state index in [1.807, 2.05) is 6.92 Å². The predicted molar refractivity (Wildman–Crippen MR) is 69.6 cm³/mol. The topological polar surface area (TPSA) is 27.0 Å². The van der Waals surface area contributed by atoms with Crippen LogP contribution in [0.2, 0.25) is 5.02 Å². The van der Waals surface area contributed by atoms with Crippen LogP contribution < -0.4 is 0 Å². The molecule has 1 aromatic carbocycles. The van der Waals surface area contributed by atoms with Gasteiger partial charge in [-0.05, 0) is 50.6 Å². The molecular formula is C14H16ClFN2. The molecule has 1 fully saturated rings. The van der Waals surface area contributed by atoms with Gasteiger partial charge in [0, 0.05) is 11.6 Å². The molecule has 1 aliphatic heterocycles. The highest BCUT2D eigenvalue weighted by Gasteiger charge is 2.29. The summed E-state index contributed by atoms with van der Waals surface area (Å²) in [5.74, 6) is -0.306. The van der Waals surface area contributed by atoms with Crippen molar-refractivity contribution in [1.29, 1.82) is 5.26 Å². The van der Waals surface area contributed by atoms with E-state index >= 15 is 0 Å². The van der Waals surface area contributed by atoms with Crippen LogP contribution >= 0.6 is 11.6 Å². The summed E-state index contributed by atoms with van der Waals surface area (Å²) in [6, 6.07) is 6.90. The third-order valence-electron chi connectivity index (χ3n) is 3.64. The van der Waals surface area contributed by atoms with E-state index in [0.29, 0.717) is 5.02 Å². The molecule has 1 saturated heterocycles. The van der Waals surface area contributed by atoms with E-state index in [1.54, 1.807) is 6.07 Å². The van der Waals surface area contributed by atoms with Crippen LogP contribution in [0.3, 0.4) is 0 Å². The molecule has 4 heteroatoms. The average Bonchev–Trinajstić information content (AvgIpc) is 2.36. The maximum atomic E-state index is 12.9. The number of hydrogen-bond acceptors (Lipinski definition) is 2. The Bertz CT molecular complexity index is 473. The Hall–Kier alpha value is -1.11. The molecule has 0 aliphatic carbocycles. The summed E-state index contributed by atoms with van der Waals surface area (Å²) in [5.41, 5.74) is 0.752. The zero-order valence-corrected chi connectivity index (χ0v) is 11.2. The molecule has 0 unspecified atom stereocenters. The summed E-state index contributed by atoms with van der Waals surface area (Å²) in [6.45, 7) is 4.51. The van der Waals surface area contributed by atoms with Gasteiger partial charge in [-0.1, -0.05) is 17.7 Å². The first-order valence-electron chi connectivity index (χ1n) is 6.10. The van der Waals surface area contributed by atoms with E-state index in [0.717, 1.165) is 38.0 Å². The third-order valence-corrected chi connectivity index (χ3v) is 3.99. The molecule has 0 spiro atoms. The van der Waals surface area contributed by atoms with Crippen LogP contribution in [0.4, 0.5) is 4.39 Å². The van der Waals surface area contributed by atoms with Crippen molar-refractivity contribution in [2.24, 2.45) is 5.41 Å². The van der Waals surface area contributed by atoms with E-state index in [9.17, 15) is 4.39 Å². The number of nitriles is 1. The summed E-state index contributed by atoms with van der Waals surface area (Å²) in [4.78, 5) is 2.26. The second-order valence-corrected chi connectivity index (χ2v) is 5.59. The second kappa shape index (κ2) is 5.26. The standard InChI is InChI=1S/C14H16ClFN2/c1-14(10-17)4-6-18(7-5-14)9-11-2-3-12(16)8-13(11)15/h2-3,8H,4-7,9H2,1H3. The highest BCUT2D eigenvalue weighted by molar-refractivity contribution is 6.31. The van der Waals surface area contributed by atoms with Crippen LogP contribution in [-0.2, 0) is 6.54 Å². The molecule has 1 heterocycles. The SMILES string of the molecule is CC1(C#N)CCN(Cc2ccc(F)cc2Cl)CC1. The Kier molecular flexibility index (Phi) is 3.89. The fourth-order valence-electron chi connectivity index (χ4n) is 2.21. The highest BCUT2D eigenvalue weighted by Crippen LogP contribution is 2.31. The maximum absolute atomic E-state index is 12.9. The Morgan fingerprint density at radius 3 is 2.67 bits per heavy atom. The molecular weight excluding hydrogens is 251 g/mol. The van der Waals surface area contributed by atoms with Crippen molar-refractivity contribution in [3.05, 3.63) is 34.6 Å². The Morgan fingerprint density at radius 2 is 2.11 bits per heavy atom. The van der Waals surface area contributed by atoms with Crippen molar-refractivity contribution in [2.75, 3.05) is 13.1 Å².